The fraction of sp³-hybridized carbons (Fsp3) is 0.150. The minimum absolute atomic E-state index is 0.0305. The van der Waals surface area contributed by atoms with Gasteiger partial charge >= 0.3 is 12.6 Å². The summed E-state index contributed by atoms with van der Waals surface area (Å²) in [4.78, 5) is 16.0. The van der Waals surface area contributed by atoms with Gasteiger partial charge in [0.1, 0.15) is 11.5 Å². The highest BCUT2D eigenvalue weighted by atomic mass is 19.3. The maximum atomic E-state index is 12.1. The van der Waals surface area contributed by atoms with E-state index < -0.39 is 12.6 Å². The number of halogens is 2. The van der Waals surface area contributed by atoms with E-state index >= 15 is 0 Å². The van der Waals surface area contributed by atoms with E-state index in [1.54, 1.807) is 31.4 Å². The Morgan fingerprint density at radius 2 is 1.97 bits per heavy atom. The first kappa shape index (κ1) is 20.0. The third-order valence-electron chi connectivity index (χ3n) is 3.65. The second-order valence-electron chi connectivity index (χ2n) is 5.63. The van der Waals surface area contributed by atoms with Crippen molar-refractivity contribution in [3.05, 3.63) is 66.1 Å². The monoisotopic (exact) mass is 402 g/mol. The molecule has 1 aromatic heterocycles. The topological polar surface area (TPSA) is 83.7 Å². The van der Waals surface area contributed by atoms with Gasteiger partial charge in [-0.15, -0.1) is 0 Å². The first-order valence-corrected chi connectivity index (χ1v) is 8.40. The average Bonchev–Trinajstić information content (AvgIpc) is 3.20. The van der Waals surface area contributed by atoms with E-state index in [0.29, 0.717) is 22.7 Å². The van der Waals surface area contributed by atoms with Gasteiger partial charge in [-0.05, 0) is 35.9 Å². The number of nitrogens with zero attached hydrogens (tertiary/aromatic N) is 2. The number of carbonyl (C=O) groups excluding carboxylic acids is 1. The summed E-state index contributed by atoms with van der Waals surface area (Å²) in [6, 6.07) is 12.9. The van der Waals surface area contributed by atoms with Gasteiger partial charge < -0.3 is 18.7 Å². The molecule has 9 heteroatoms. The average molecular weight is 402 g/mol. The van der Waals surface area contributed by atoms with Gasteiger partial charge in [0.15, 0.2) is 6.61 Å². The van der Waals surface area contributed by atoms with E-state index in [0.717, 1.165) is 0 Å². The summed E-state index contributed by atoms with van der Waals surface area (Å²) in [7, 11) is 1.55. The molecule has 0 aliphatic carbocycles. The number of carbonyl (C=O) groups is 1. The van der Waals surface area contributed by atoms with Crippen LogP contribution in [-0.4, -0.2) is 29.8 Å². The van der Waals surface area contributed by atoms with Crippen LogP contribution in [0.5, 0.6) is 11.5 Å². The van der Waals surface area contributed by atoms with Crippen LogP contribution in [0.1, 0.15) is 11.5 Å². The van der Waals surface area contributed by atoms with Gasteiger partial charge in [0.05, 0.1) is 7.11 Å². The summed E-state index contributed by atoms with van der Waals surface area (Å²) in [5.74, 6) is 0.538. The molecule has 0 atom stereocenters. The van der Waals surface area contributed by atoms with E-state index in [-0.39, 0.29) is 18.2 Å². The molecule has 0 unspecified atom stereocenters. The number of methoxy groups -OCH3 is 1. The molecule has 1 heterocycles. The second kappa shape index (κ2) is 9.45. The molecule has 0 bridgehead atoms. The van der Waals surface area contributed by atoms with Crippen LogP contribution in [0, 0.1) is 0 Å². The molecule has 3 aromatic rings. The zero-order chi connectivity index (χ0) is 20.6. The molecule has 150 valence electrons. The number of rotatable bonds is 8. The highest BCUT2D eigenvalue weighted by Crippen LogP contribution is 2.21. The maximum Gasteiger partial charge on any atom is 0.387 e. The van der Waals surface area contributed by atoms with E-state index in [1.807, 2.05) is 0 Å². The van der Waals surface area contributed by atoms with Crippen molar-refractivity contribution in [2.75, 3.05) is 7.11 Å². The number of hydrogen-bond donors (Lipinski definition) is 0. The van der Waals surface area contributed by atoms with Gasteiger partial charge in [0.25, 0.3) is 5.89 Å². The normalized spacial score (nSPS) is 11.0. The Kier molecular flexibility index (Phi) is 6.51. The summed E-state index contributed by atoms with van der Waals surface area (Å²) in [6.45, 7) is -3.08. The second-order valence-corrected chi connectivity index (χ2v) is 5.63. The lowest BCUT2D eigenvalue weighted by molar-refractivity contribution is -0.139. The van der Waals surface area contributed by atoms with Crippen LogP contribution in [0.3, 0.4) is 0 Å². The van der Waals surface area contributed by atoms with Crippen molar-refractivity contribution in [3.8, 4) is 22.9 Å². The third-order valence-corrected chi connectivity index (χ3v) is 3.65. The Morgan fingerprint density at radius 3 is 2.69 bits per heavy atom. The Labute approximate surface area is 164 Å². The van der Waals surface area contributed by atoms with E-state index in [4.69, 9.17) is 14.0 Å². The largest absolute Gasteiger partial charge is 0.497 e. The summed E-state index contributed by atoms with van der Waals surface area (Å²) >= 11 is 0. The number of alkyl halides is 2. The van der Waals surface area contributed by atoms with Crippen molar-refractivity contribution in [3.63, 3.8) is 0 Å². The molecule has 0 amide bonds. The van der Waals surface area contributed by atoms with Crippen molar-refractivity contribution < 1.29 is 32.3 Å². The molecular formula is C20H16F2N2O5. The molecule has 0 N–H and O–H groups in total. The van der Waals surface area contributed by atoms with Crippen molar-refractivity contribution in [1.29, 1.82) is 0 Å². The molecule has 0 aliphatic heterocycles. The lowest BCUT2D eigenvalue weighted by Gasteiger charge is -2.03. The van der Waals surface area contributed by atoms with Crippen LogP contribution in [0.2, 0.25) is 0 Å². The number of esters is 1. The lowest BCUT2D eigenvalue weighted by atomic mass is 10.2. The van der Waals surface area contributed by atoms with Gasteiger partial charge in [0, 0.05) is 11.6 Å². The quantitative estimate of drug-likeness (QED) is 0.414. The third kappa shape index (κ3) is 5.86. The zero-order valence-corrected chi connectivity index (χ0v) is 15.2. The molecule has 0 aliphatic rings. The SMILES string of the molecule is COc1cccc(-c2noc(COC(=O)/C=C/c3ccc(OC(F)F)cc3)n2)c1. The minimum atomic E-state index is -2.89. The predicted octanol–water partition coefficient (Wildman–Crippen LogP) is 4.10. The van der Waals surface area contributed by atoms with Gasteiger partial charge in [-0.1, -0.05) is 29.4 Å². The Morgan fingerprint density at radius 1 is 1.17 bits per heavy atom. The van der Waals surface area contributed by atoms with E-state index in [1.165, 1.54) is 36.4 Å². The molecule has 0 fully saturated rings. The Bertz CT molecular complexity index is 987. The van der Waals surface area contributed by atoms with Crippen molar-refractivity contribution in [2.45, 2.75) is 13.2 Å². The minimum Gasteiger partial charge on any atom is -0.497 e. The van der Waals surface area contributed by atoms with Gasteiger partial charge in [-0.2, -0.15) is 13.8 Å². The lowest BCUT2D eigenvalue weighted by Crippen LogP contribution is -2.01. The maximum absolute atomic E-state index is 12.1. The van der Waals surface area contributed by atoms with Crippen molar-refractivity contribution in [2.24, 2.45) is 0 Å². The van der Waals surface area contributed by atoms with Crippen LogP contribution in [0.15, 0.2) is 59.1 Å². The van der Waals surface area contributed by atoms with Crippen LogP contribution in [-0.2, 0) is 16.1 Å². The molecule has 0 spiro atoms. The summed E-state index contributed by atoms with van der Waals surface area (Å²) in [5.41, 5.74) is 1.31. The van der Waals surface area contributed by atoms with Crippen LogP contribution < -0.4 is 9.47 Å². The molecule has 7 nitrogen and oxygen atoms in total. The fourth-order valence-corrected chi connectivity index (χ4v) is 2.30. The summed E-state index contributed by atoms with van der Waals surface area (Å²) in [5, 5.41) is 3.85. The predicted molar refractivity (Wildman–Crippen MR) is 98.2 cm³/mol. The molecular weight excluding hydrogens is 386 g/mol. The fourth-order valence-electron chi connectivity index (χ4n) is 2.30. The van der Waals surface area contributed by atoms with Gasteiger partial charge in [-0.3, -0.25) is 0 Å². The Balaban J connectivity index is 1.53. The first-order chi connectivity index (χ1) is 14.0. The van der Waals surface area contributed by atoms with Crippen LogP contribution in [0.4, 0.5) is 8.78 Å². The molecule has 3 rings (SSSR count). The number of aromatic nitrogens is 2. The highest BCUT2D eigenvalue weighted by molar-refractivity contribution is 5.87. The smallest absolute Gasteiger partial charge is 0.387 e. The summed E-state index contributed by atoms with van der Waals surface area (Å²) < 4.78 is 43.7. The number of ether oxygens (including phenoxy) is 3. The molecule has 0 radical (unpaired) electrons. The Hall–Kier alpha value is -3.75. The van der Waals surface area contributed by atoms with Crippen LogP contribution in [0.25, 0.3) is 17.5 Å². The highest BCUT2D eigenvalue weighted by Gasteiger charge is 2.11. The van der Waals surface area contributed by atoms with Crippen molar-refractivity contribution >= 4 is 12.0 Å². The number of hydrogen-bond acceptors (Lipinski definition) is 7. The molecule has 0 saturated carbocycles. The molecule has 0 saturated heterocycles. The first-order valence-electron chi connectivity index (χ1n) is 8.40. The summed E-state index contributed by atoms with van der Waals surface area (Å²) in [6.07, 6.45) is 2.67. The zero-order valence-electron chi connectivity index (χ0n) is 15.2. The number of benzene rings is 2. The van der Waals surface area contributed by atoms with E-state index in [9.17, 15) is 13.6 Å². The van der Waals surface area contributed by atoms with Gasteiger partial charge in [-0.25, -0.2) is 4.79 Å². The van der Waals surface area contributed by atoms with E-state index in [2.05, 4.69) is 14.9 Å². The van der Waals surface area contributed by atoms with Crippen LogP contribution >= 0.6 is 0 Å². The van der Waals surface area contributed by atoms with Crippen molar-refractivity contribution in [1.82, 2.24) is 10.1 Å². The molecule has 2 aromatic carbocycles. The van der Waals surface area contributed by atoms with Gasteiger partial charge in [0.2, 0.25) is 5.82 Å². The standard InChI is InChI=1S/C20H16F2N2O5/c1-26-16-4-2-3-14(11-16)19-23-17(29-24-19)12-27-18(25)10-7-13-5-8-15(9-6-13)28-20(21)22/h2-11,20H,12H2,1H3/b10-7+. The molecule has 29 heavy (non-hydrogen) atoms.